The van der Waals surface area contributed by atoms with Crippen LogP contribution in [0.1, 0.15) is 36.0 Å². The smallest absolute Gasteiger partial charge is 0.255 e. The zero-order valence-corrected chi connectivity index (χ0v) is 18.0. The Kier molecular flexibility index (Phi) is 6.84. The molecule has 2 N–H and O–H groups in total. The fraction of sp³-hybridized carbons (Fsp3) is 0.381. The van der Waals surface area contributed by atoms with Gasteiger partial charge in [0, 0.05) is 17.7 Å². The molecule has 1 amide bonds. The lowest BCUT2D eigenvalue weighted by Gasteiger charge is -2.16. The summed E-state index contributed by atoms with van der Waals surface area (Å²) in [6, 6.07) is 9.21. The monoisotopic (exact) mass is 434 g/mol. The van der Waals surface area contributed by atoms with Crippen LogP contribution in [0.25, 0.3) is 0 Å². The highest BCUT2D eigenvalue weighted by molar-refractivity contribution is 7.89. The van der Waals surface area contributed by atoms with Crippen LogP contribution in [0.2, 0.25) is 0 Å². The molecule has 9 heteroatoms. The maximum atomic E-state index is 12.9. The van der Waals surface area contributed by atoms with Gasteiger partial charge < -0.3 is 19.5 Å². The number of carbonyl (C=O) groups is 1. The highest BCUT2D eigenvalue weighted by atomic mass is 32.2. The molecule has 30 heavy (non-hydrogen) atoms. The van der Waals surface area contributed by atoms with E-state index in [4.69, 9.17) is 14.2 Å². The fourth-order valence-corrected chi connectivity index (χ4v) is 4.96. The number of carbonyl (C=O) groups excluding carboxylic acids is 1. The molecule has 1 saturated carbocycles. The Morgan fingerprint density at radius 3 is 2.23 bits per heavy atom. The summed E-state index contributed by atoms with van der Waals surface area (Å²) in [5.74, 6) is 0.691. The molecule has 0 bridgehead atoms. The minimum atomic E-state index is -3.84. The van der Waals surface area contributed by atoms with Crippen LogP contribution < -0.4 is 24.2 Å². The van der Waals surface area contributed by atoms with Gasteiger partial charge in [0.15, 0.2) is 0 Å². The van der Waals surface area contributed by atoms with Gasteiger partial charge in [0.2, 0.25) is 10.0 Å². The molecule has 0 spiro atoms. The Bertz CT molecular complexity index is 1020. The van der Waals surface area contributed by atoms with Gasteiger partial charge in [-0.1, -0.05) is 12.8 Å². The lowest BCUT2D eigenvalue weighted by molar-refractivity contribution is 0.102. The average molecular weight is 435 g/mol. The number of methoxy groups -OCH3 is 3. The zero-order chi connectivity index (χ0) is 21.7. The van der Waals surface area contributed by atoms with Gasteiger partial charge in [0.1, 0.15) is 22.1 Å². The number of hydrogen-bond acceptors (Lipinski definition) is 6. The Hall–Kier alpha value is -2.78. The molecular weight excluding hydrogens is 408 g/mol. The van der Waals surface area contributed by atoms with Crippen LogP contribution in [0.5, 0.6) is 17.2 Å². The third-order valence-corrected chi connectivity index (χ3v) is 6.59. The van der Waals surface area contributed by atoms with Crippen LogP contribution in [-0.4, -0.2) is 41.7 Å². The summed E-state index contributed by atoms with van der Waals surface area (Å²) >= 11 is 0. The van der Waals surface area contributed by atoms with E-state index in [0.29, 0.717) is 17.2 Å². The molecule has 0 saturated heterocycles. The highest BCUT2D eigenvalue weighted by Gasteiger charge is 2.26. The van der Waals surface area contributed by atoms with Crippen LogP contribution in [0.15, 0.2) is 41.3 Å². The topological polar surface area (TPSA) is 103 Å². The van der Waals surface area contributed by atoms with E-state index < -0.39 is 15.9 Å². The maximum Gasteiger partial charge on any atom is 0.255 e. The van der Waals surface area contributed by atoms with Crippen molar-refractivity contribution in [2.24, 2.45) is 0 Å². The van der Waals surface area contributed by atoms with Crippen molar-refractivity contribution in [3.05, 3.63) is 42.0 Å². The van der Waals surface area contributed by atoms with Gasteiger partial charge in [0.05, 0.1) is 27.0 Å². The van der Waals surface area contributed by atoms with Crippen molar-refractivity contribution < 1.29 is 27.4 Å². The van der Waals surface area contributed by atoms with Gasteiger partial charge in [-0.3, -0.25) is 4.79 Å². The van der Waals surface area contributed by atoms with E-state index >= 15 is 0 Å². The standard InChI is InChI=1S/C21H26N2O6S/c1-27-16-9-11-18(28-2)17(13-16)22-21(24)14-8-10-19(29-3)20(12-14)30(25,26)23-15-6-4-5-7-15/h8-13,15,23H,4-7H2,1-3H3,(H,22,24). The van der Waals surface area contributed by atoms with Crippen molar-refractivity contribution in [1.82, 2.24) is 4.72 Å². The predicted octanol–water partition coefficient (Wildman–Crippen LogP) is 3.19. The number of hydrogen-bond donors (Lipinski definition) is 2. The quantitative estimate of drug-likeness (QED) is 0.661. The third kappa shape index (κ3) is 4.85. The third-order valence-electron chi connectivity index (χ3n) is 5.05. The number of ether oxygens (including phenoxy) is 3. The van der Waals surface area contributed by atoms with E-state index in [-0.39, 0.29) is 22.3 Å². The molecule has 0 heterocycles. The Balaban J connectivity index is 1.90. The summed E-state index contributed by atoms with van der Waals surface area (Å²) in [7, 11) is 0.565. The largest absolute Gasteiger partial charge is 0.497 e. The normalized spacial score (nSPS) is 14.4. The molecule has 162 valence electrons. The molecule has 0 aliphatic heterocycles. The summed E-state index contributed by atoms with van der Waals surface area (Å²) in [6.07, 6.45) is 3.60. The molecule has 3 rings (SSSR count). The molecule has 2 aromatic carbocycles. The first-order chi connectivity index (χ1) is 14.4. The van der Waals surface area contributed by atoms with Gasteiger partial charge >= 0.3 is 0 Å². The minimum Gasteiger partial charge on any atom is -0.497 e. The fourth-order valence-electron chi connectivity index (χ4n) is 3.46. The van der Waals surface area contributed by atoms with Gasteiger partial charge in [-0.05, 0) is 43.2 Å². The maximum absolute atomic E-state index is 12.9. The second kappa shape index (κ2) is 9.36. The predicted molar refractivity (Wildman–Crippen MR) is 113 cm³/mol. The Morgan fingerprint density at radius 2 is 1.60 bits per heavy atom. The molecule has 1 aliphatic rings. The van der Waals surface area contributed by atoms with E-state index in [1.54, 1.807) is 18.2 Å². The SMILES string of the molecule is COc1ccc(OC)c(NC(=O)c2ccc(OC)c(S(=O)(=O)NC3CCCC3)c2)c1. The molecule has 1 aliphatic carbocycles. The van der Waals surface area contributed by atoms with E-state index in [1.165, 1.54) is 39.5 Å². The van der Waals surface area contributed by atoms with E-state index in [0.717, 1.165) is 25.7 Å². The van der Waals surface area contributed by atoms with Crippen LogP contribution in [-0.2, 0) is 10.0 Å². The van der Waals surface area contributed by atoms with Gasteiger partial charge in [-0.25, -0.2) is 13.1 Å². The molecule has 0 atom stereocenters. The molecule has 0 unspecified atom stereocenters. The number of anilines is 1. The van der Waals surface area contributed by atoms with Gasteiger partial charge in [-0.2, -0.15) is 0 Å². The Labute approximate surface area is 176 Å². The van der Waals surface area contributed by atoms with E-state index in [9.17, 15) is 13.2 Å². The lowest BCUT2D eigenvalue weighted by atomic mass is 10.2. The molecule has 0 radical (unpaired) electrons. The van der Waals surface area contributed by atoms with Crippen molar-refractivity contribution in [3.63, 3.8) is 0 Å². The molecule has 8 nitrogen and oxygen atoms in total. The highest BCUT2D eigenvalue weighted by Crippen LogP contribution is 2.31. The van der Waals surface area contributed by atoms with Crippen molar-refractivity contribution >= 4 is 21.6 Å². The van der Waals surface area contributed by atoms with Crippen molar-refractivity contribution in [2.75, 3.05) is 26.6 Å². The zero-order valence-electron chi connectivity index (χ0n) is 17.2. The lowest BCUT2D eigenvalue weighted by Crippen LogP contribution is -2.33. The second-order valence-electron chi connectivity index (χ2n) is 6.99. The average Bonchev–Trinajstić information content (AvgIpc) is 3.25. The van der Waals surface area contributed by atoms with Crippen molar-refractivity contribution in [1.29, 1.82) is 0 Å². The number of nitrogens with one attached hydrogen (secondary N) is 2. The van der Waals surface area contributed by atoms with E-state index in [1.807, 2.05) is 0 Å². The first-order valence-electron chi connectivity index (χ1n) is 9.61. The van der Waals surface area contributed by atoms with Crippen molar-refractivity contribution in [3.8, 4) is 17.2 Å². The summed E-state index contributed by atoms with van der Waals surface area (Å²) in [5, 5.41) is 2.74. The van der Waals surface area contributed by atoms with Gasteiger partial charge in [0.25, 0.3) is 5.91 Å². The number of rotatable bonds is 8. The molecular formula is C21H26N2O6S. The van der Waals surface area contributed by atoms with Crippen LogP contribution in [0.4, 0.5) is 5.69 Å². The molecule has 0 aromatic heterocycles. The van der Waals surface area contributed by atoms with Crippen LogP contribution in [0, 0.1) is 0 Å². The summed E-state index contributed by atoms with van der Waals surface area (Å²) in [5.41, 5.74) is 0.582. The van der Waals surface area contributed by atoms with Gasteiger partial charge in [-0.15, -0.1) is 0 Å². The summed E-state index contributed by atoms with van der Waals surface area (Å²) in [4.78, 5) is 12.8. The molecule has 1 fully saturated rings. The Morgan fingerprint density at radius 1 is 0.933 bits per heavy atom. The second-order valence-corrected chi connectivity index (χ2v) is 8.67. The van der Waals surface area contributed by atoms with Crippen LogP contribution in [0.3, 0.4) is 0 Å². The number of sulfonamides is 1. The van der Waals surface area contributed by atoms with Crippen LogP contribution >= 0.6 is 0 Å². The molecule has 2 aromatic rings. The first kappa shape index (κ1) is 21.9. The number of amides is 1. The van der Waals surface area contributed by atoms with E-state index in [2.05, 4.69) is 10.0 Å². The summed E-state index contributed by atoms with van der Waals surface area (Å²) < 4.78 is 44.3. The number of benzene rings is 2. The minimum absolute atomic E-state index is 0.0674. The summed E-state index contributed by atoms with van der Waals surface area (Å²) in [6.45, 7) is 0. The first-order valence-corrected chi connectivity index (χ1v) is 11.1. The van der Waals surface area contributed by atoms with Crippen molar-refractivity contribution in [2.45, 2.75) is 36.6 Å².